The van der Waals surface area contributed by atoms with E-state index in [1.54, 1.807) is 19.2 Å². The summed E-state index contributed by atoms with van der Waals surface area (Å²) in [5.41, 5.74) is 1.51. The van der Waals surface area contributed by atoms with E-state index in [1.165, 1.54) is 60.0 Å². The molecule has 2 heterocycles. The molecule has 0 spiro atoms. The molecule has 0 saturated carbocycles. The predicted octanol–water partition coefficient (Wildman–Crippen LogP) is 3.39. The number of carbonyl (C=O) groups is 1. The summed E-state index contributed by atoms with van der Waals surface area (Å²) in [5.74, 6) is -0.543. The SMILES string of the molecule is COc1ccc(S(=O)(=O)C(C#N)C(=O)c2nn(C)c3c2CSc2ccc(F)cc2-3)cc1. The summed E-state index contributed by atoms with van der Waals surface area (Å²) >= 11 is 1.39. The minimum Gasteiger partial charge on any atom is -0.497 e. The van der Waals surface area contributed by atoms with Gasteiger partial charge in [0.05, 0.1) is 23.8 Å². The van der Waals surface area contributed by atoms with Crippen molar-refractivity contribution >= 4 is 27.4 Å². The van der Waals surface area contributed by atoms with Crippen molar-refractivity contribution < 1.29 is 22.3 Å². The molecule has 1 aromatic heterocycles. The van der Waals surface area contributed by atoms with Gasteiger partial charge in [0.25, 0.3) is 0 Å². The maximum Gasteiger partial charge on any atom is 0.216 e. The number of rotatable bonds is 5. The molecule has 1 atom stereocenters. The van der Waals surface area contributed by atoms with Crippen molar-refractivity contribution in [3.63, 3.8) is 0 Å². The molecule has 1 aliphatic rings. The molecule has 1 aliphatic heterocycles. The second kappa shape index (κ2) is 7.83. The first-order chi connectivity index (χ1) is 14.8. The lowest BCUT2D eigenvalue weighted by Crippen LogP contribution is -2.30. The molecular formula is C21H16FN3O4S2. The Morgan fingerprint density at radius 3 is 2.65 bits per heavy atom. The zero-order chi connectivity index (χ0) is 22.3. The summed E-state index contributed by atoms with van der Waals surface area (Å²) in [6.45, 7) is 0. The van der Waals surface area contributed by atoms with Crippen LogP contribution in [0.2, 0.25) is 0 Å². The van der Waals surface area contributed by atoms with E-state index in [-0.39, 0.29) is 10.6 Å². The number of carbonyl (C=O) groups excluding carboxylic acids is 1. The third kappa shape index (κ3) is 3.49. The summed E-state index contributed by atoms with van der Waals surface area (Å²) in [6.07, 6.45) is 0. The van der Waals surface area contributed by atoms with E-state index in [0.29, 0.717) is 28.3 Å². The zero-order valence-corrected chi connectivity index (χ0v) is 18.1. The number of methoxy groups -OCH3 is 1. The number of hydrogen-bond donors (Lipinski definition) is 0. The Morgan fingerprint density at radius 2 is 2.00 bits per heavy atom. The van der Waals surface area contributed by atoms with Crippen molar-refractivity contribution in [3.05, 3.63) is 59.5 Å². The fourth-order valence-electron chi connectivity index (χ4n) is 3.50. The third-order valence-corrected chi connectivity index (χ3v) is 7.97. The van der Waals surface area contributed by atoms with E-state index in [0.717, 1.165) is 4.90 Å². The van der Waals surface area contributed by atoms with Crippen molar-refractivity contribution in [2.45, 2.75) is 20.8 Å². The van der Waals surface area contributed by atoms with Crippen molar-refractivity contribution in [2.24, 2.45) is 7.05 Å². The molecule has 2 aromatic carbocycles. The molecule has 0 amide bonds. The normalized spacial score (nSPS) is 13.6. The molecule has 3 aromatic rings. The van der Waals surface area contributed by atoms with Crippen LogP contribution in [0.3, 0.4) is 0 Å². The minimum absolute atomic E-state index is 0.0939. The molecule has 0 bridgehead atoms. The molecule has 0 saturated heterocycles. The van der Waals surface area contributed by atoms with Gasteiger partial charge in [-0.1, -0.05) is 0 Å². The molecule has 1 unspecified atom stereocenters. The highest BCUT2D eigenvalue weighted by molar-refractivity contribution is 7.98. The van der Waals surface area contributed by atoms with Crippen LogP contribution in [-0.2, 0) is 22.6 Å². The van der Waals surface area contributed by atoms with Crippen LogP contribution in [0.5, 0.6) is 5.75 Å². The Kier molecular flexibility index (Phi) is 5.33. The van der Waals surface area contributed by atoms with Crippen molar-refractivity contribution in [3.8, 4) is 23.1 Å². The Balaban J connectivity index is 1.78. The number of aryl methyl sites for hydroxylation is 1. The Morgan fingerprint density at radius 1 is 1.29 bits per heavy atom. The predicted molar refractivity (Wildman–Crippen MR) is 112 cm³/mol. The maximum atomic E-state index is 13.8. The van der Waals surface area contributed by atoms with Gasteiger partial charge in [-0.05, 0) is 42.5 Å². The average Bonchev–Trinajstić information content (AvgIpc) is 3.11. The molecule has 0 aliphatic carbocycles. The van der Waals surface area contributed by atoms with Gasteiger partial charge in [-0.2, -0.15) is 10.4 Å². The fourth-order valence-corrected chi connectivity index (χ4v) is 5.87. The number of ketones is 1. The summed E-state index contributed by atoms with van der Waals surface area (Å²) < 4.78 is 46.3. The molecule has 4 rings (SSSR count). The number of benzene rings is 2. The van der Waals surface area contributed by atoms with Gasteiger partial charge < -0.3 is 4.74 Å². The van der Waals surface area contributed by atoms with Crippen LogP contribution in [0.15, 0.2) is 52.3 Å². The largest absolute Gasteiger partial charge is 0.497 e. The average molecular weight is 458 g/mol. The number of ether oxygens (including phenoxy) is 1. The number of thioether (sulfide) groups is 1. The summed E-state index contributed by atoms with van der Waals surface area (Å²) in [4.78, 5) is 13.9. The molecular weight excluding hydrogens is 441 g/mol. The van der Waals surface area contributed by atoms with Crippen molar-refractivity contribution in [2.75, 3.05) is 7.11 Å². The van der Waals surface area contributed by atoms with Crippen LogP contribution in [0.4, 0.5) is 4.39 Å². The standard InChI is InChI=1S/C21H16FN3O4S2/c1-25-20-15-9-12(22)3-8-17(15)30-11-16(20)19(24-25)21(26)18(10-23)31(27,28)14-6-4-13(29-2)5-7-14/h3-9,18H,11H2,1-2H3. The smallest absolute Gasteiger partial charge is 0.216 e. The van der Waals surface area contributed by atoms with Crippen molar-refractivity contribution in [1.29, 1.82) is 5.26 Å². The third-order valence-electron chi connectivity index (χ3n) is 5.00. The topological polar surface area (TPSA) is 102 Å². The molecule has 10 heteroatoms. The monoisotopic (exact) mass is 457 g/mol. The van der Waals surface area contributed by atoms with E-state index in [4.69, 9.17) is 4.74 Å². The number of sulfone groups is 1. The van der Waals surface area contributed by atoms with Crippen LogP contribution in [0, 0.1) is 17.1 Å². The van der Waals surface area contributed by atoms with Crippen LogP contribution in [0.1, 0.15) is 16.1 Å². The minimum atomic E-state index is -4.29. The first-order valence-electron chi connectivity index (χ1n) is 9.08. The van der Waals surface area contributed by atoms with Crippen LogP contribution in [0.25, 0.3) is 11.3 Å². The van der Waals surface area contributed by atoms with Crippen LogP contribution in [-0.4, -0.2) is 36.3 Å². The molecule has 7 nitrogen and oxygen atoms in total. The van der Waals surface area contributed by atoms with Gasteiger partial charge >= 0.3 is 0 Å². The number of aromatic nitrogens is 2. The van der Waals surface area contributed by atoms with Gasteiger partial charge in [0.2, 0.25) is 20.9 Å². The van der Waals surface area contributed by atoms with Gasteiger partial charge in [0, 0.05) is 28.8 Å². The summed E-state index contributed by atoms with van der Waals surface area (Å²) in [5, 5.41) is 11.9. The fraction of sp³-hybridized carbons (Fsp3) is 0.190. The maximum absolute atomic E-state index is 13.8. The number of hydrogen-bond acceptors (Lipinski definition) is 7. The van der Waals surface area contributed by atoms with Crippen molar-refractivity contribution in [1.82, 2.24) is 9.78 Å². The van der Waals surface area contributed by atoms with Crippen LogP contribution < -0.4 is 4.74 Å². The highest BCUT2D eigenvalue weighted by Gasteiger charge is 2.39. The first kappa shape index (κ1) is 21.1. The second-order valence-electron chi connectivity index (χ2n) is 6.82. The van der Waals surface area contributed by atoms with E-state index in [1.807, 2.05) is 0 Å². The number of nitrogens with zero attached hydrogens (tertiary/aromatic N) is 3. The summed E-state index contributed by atoms with van der Waals surface area (Å²) in [7, 11) is -1.25. The molecule has 31 heavy (non-hydrogen) atoms. The number of Topliss-reactive ketones (excluding diaryl/α,β-unsaturated/α-hetero) is 1. The van der Waals surface area contributed by atoms with Gasteiger partial charge in [0.15, 0.2) is 0 Å². The van der Waals surface area contributed by atoms with E-state index in [9.17, 15) is 22.9 Å². The van der Waals surface area contributed by atoms with Gasteiger partial charge in [-0.15, -0.1) is 11.8 Å². The highest BCUT2D eigenvalue weighted by Crippen LogP contribution is 2.43. The van der Waals surface area contributed by atoms with E-state index in [2.05, 4.69) is 5.10 Å². The first-order valence-corrected chi connectivity index (χ1v) is 11.6. The summed E-state index contributed by atoms with van der Waals surface area (Å²) in [6, 6.07) is 11.4. The molecule has 0 N–H and O–H groups in total. The quantitative estimate of drug-likeness (QED) is 0.541. The second-order valence-corrected chi connectivity index (χ2v) is 9.87. The van der Waals surface area contributed by atoms with Gasteiger partial charge in [-0.3, -0.25) is 9.48 Å². The molecule has 0 fully saturated rings. The number of halogens is 1. The van der Waals surface area contributed by atoms with Crippen LogP contribution >= 0.6 is 11.8 Å². The molecule has 0 radical (unpaired) electrons. The van der Waals surface area contributed by atoms with Gasteiger partial charge in [0.1, 0.15) is 17.3 Å². The lowest BCUT2D eigenvalue weighted by molar-refractivity contribution is 0.0994. The highest BCUT2D eigenvalue weighted by atomic mass is 32.2. The lowest BCUT2D eigenvalue weighted by Gasteiger charge is -2.17. The Bertz CT molecular complexity index is 1340. The Hall–Kier alpha value is -3.16. The molecule has 158 valence electrons. The van der Waals surface area contributed by atoms with E-state index >= 15 is 0 Å². The lowest BCUT2D eigenvalue weighted by atomic mass is 10.0. The number of fused-ring (bicyclic) bond motifs is 3. The number of nitriles is 1. The Labute approximate surface area is 182 Å². The zero-order valence-electron chi connectivity index (χ0n) is 16.5. The van der Waals surface area contributed by atoms with E-state index < -0.39 is 26.7 Å². The van der Waals surface area contributed by atoms with Gasteiger partial charge in [-0.25, -0.2) is 12.8 Å².